The van der Waals surface area contributed by atoms with E-state index >= 15 is 0 Å². The maximum Gasteiger partial charge on any atom is 0.328 e. The second-order valence-corrected chi connectivity index (χ2v) is 4.88. The zero-order valence-corrected chi connectivity index (χ0v) is 12.8. The van der Waals surface area contributed by atoms with Crippen LogP contribution in [-0.2, 0) is 16.0 Å². The number of hydrogen-bond acceptors (Lipinski definition) is 5. The van der Waals surface area contributed by atoms with E-state index < -0.39 is 17.5 Å². The van der Waals surface area contributed by atoms with Crippen molar-refractivity contribution in [1.82, 2.24) is 14.5 Å². The number of ether oxygens (including phenoxy) is 2. The van der Waals surface area contributed by atoms with Crippen LogP contribution in [0, 0.1) is 6.92 Å². The predicted molar refractivity (Wildman–Crippen MR) is 81.7 cm³/mol. The molecule has 0 amide bonds. The summed E-state index contributed by atoms with van der Waals surface area (Å²) in [4.78, 5) is 30.3. The molecule has 0 bridgehead atoms. The van der Waals surface area contributed by atoms with Crippen LogP contribution in [0.5, 0.6) is 0 Å². The summed E-state index contributed by atoms with van der Waals surface area (Å²) in [6, 6.07) is 1.82. The normalized spacial score (nSPS) is 11.1. The lowest BCUT2D eigenvalue weighted by Crippen LogP contribution is -2.31. The summed E-state index contributed by atoms with van der Waals surface area (Å²) in [5, 5.41) is 0. The number of H-pyrrole nitrogens is 1. The van der Waals surface area contributed by atoms with Crippen molar-refractivity contribution in [2.24, 2.45) is 0 Å². The lowest BCUT2D eigenvalue weighted by atomic mass is 10.1. The number of nitrogens with one attached hydrogen (secondary N) is 1. The number of methoxy groups -OCH3 is 2. The minimum atomic E-state index is -0.457. The third-order valence-electron chi connectivity index (χ3n) is 3.47. The van der Waals surface area contributed by atoms with Crippen LogP contribution in [0.15, 0.2) is 34.2 Å². The third-order valence-corrected chi connectivity index (χ3v) is 3.47. The highest BCUT2D eigenvalue weighted by molar-refractivity contribution is 5.64. The van der Waals surface area contributed by atoms with Crippen LogP contribution in [0.4, 0.5) is 0 Å². The first-order valence-corrected chi connectivity index (χ1v) is 6.87. The first-order chi connectivity index (χ1) is 10.6. The molecular formula is C15H19N3O4. The zero-order valence-electron chi connectivity index (χ0n) is 12.8. The number of hydrogen-bond donors (Lipinski definition) is 1. The Balaban J connectivity index is 2.38. The molecule has 1 N–H and O–H groups in total. The molecule has 0 aliphatic carbocycles. The standard InChI is InChI=1S/C15H19N3O4/c1-10-4-6-16-8-11(10)12-9-18(15(20)17-14(12)19)7-5-13(21-2)22-3/h4,6,8-9,13H,5,7H2,1-3H3,(H,17,19,20). The molecule has 0 saturated carbocycles. The summed E-state index contributed by atoms with van der Waals surface area (Å²) in [7, 11) is 3.07. The van der Waals surface area contributed by atoms with Crippen molar-refractivity contribution in [3.05, 3.63) is 51.1 Å². The van der Waals surface area contributed by atoms with Gasteiger partial charge >= 0.3 is 5.69 Å². The molecule has 2 aromatic rings. The molecule has 2 rings (SSSR count). The number of nitrogens with zero attached hydrogens (tertiary/aromatic N) is 2. The summed E-state index contributed by atoms with van der Waals surface area (Å²) in [5.74, 6) is 0. The van der Waals surface area contributed by atoms with Crippen LogP contribution < -0.4 is 11.2 Å². The molecule has 0 radical (unpaired) electrons. The van der Waals surface area contributed by atoms with Gasteiger partial charge in [0, 0.05) is 51.3 Å². The SMILES string of the molecule is COC(CCn1cc(-c2cnccc2C)c(=O)[nH]c1=O)OC. The molecule has 22 heavy (non-hydrogen) atoms. The number of aromatic nitrogens is 3. The van der Waals surface area contributed by atoms with E-state index in [-0.39, 0.29) is 0 Å². The Labute approximate surface area is 127 Å². The zero-order chi connectivity index (χ0) is 16.1. The van der Waals surface area contributed by atoms with Gasteiger partial charge in [0.2, 0.25) is 0 Å². The molecule has 7 nitrogen and oxygen atoms in total. The van der Waals surface area contributed by atoms with Gasteiger partial charge in [0.15, 0.2) is 6.29 Å². The van der Waals surface area contributed by atoms with Gasteiger partial charge in [-0.15, -0.1) is 0 Å². The third kappa shape index (κ3) is 3.49. The molecule has 0 saturated heterocycles. The molecule has 0 aliphatic rings. The van der Waals surface area contributed by atoms with Crippen LogP contribution in [0.3, 0.4) is 0 Å². The minimum Gasteiger partial charge on any atom is -0.356 e. The number of aromatic amines is 1. The Morgan fingerprint density at radius 2 is 2.00 bits per heavy atom. The van der Waals surface area contributed by atoms with Gasteiger partial charge in [-0.05, 0) is 18.6 Å². The smallest absolute Gasteiger partial charge is 0.328 e. The largest absolute Gasteiger partial charge is 0.356 e. The van der Waals surface area contributed by atoms with Crippen molar-refractivity contribution in [2.75, 3.05) is 14.2 Å². The Morgan fingerprint density at radius 1 is 1.27 bits per heavy atom. The molecule has 0 spiro atoms. The Kier molecular flexibility index (Phi) is 5.24. The highest BCUT2D eigenvalue weighted by atomic mass is 16.7. The predicted octanol–water partition coefficient (Wildman–Crippen LogP) is 0.916. The van der Waals surface area contributed by atoms with E-state index in [4.69, 9.17) is 9.47 Å². The van der Waals surface area contributed by atoms with Gasteiger partial charge in [-0.1, -0.05) is 0 Å². The van der Waals surface area contributed by atoms with Crippen LogP contribution in [0.2, 0.25) is 0 Å². The van der Waals surface area contributed by atoms with E-state index in [0.29, 0.717) is 24.1 Å². The molecule has 2 aromatic heterocycles. The lowest BCUT2D eigenvalue weighted by molar-refractivity contribution is -0.108. The van der Waals surface area contributed by atoms with E-state index in [1.807, 2.05) is 13.0 Å². The highest BCUT2D eigenvalue weighted by Gasteiger charge is 2.11. The van der Waals surface area contributed by atoms with E-state index in [1.54, 1.807) is 18.6 Å². The number of aryl methyl sites for hydroxylation is 2. The highest BCUT2D eigenvalue weighted by Crippen LogP contribution is 2.17. The molecule has 0 unspecified atom stereocenters. The monoisotopic (exact) mass is 305 g/mol. The van der Waals surface area contributed by atoms with Gasteiger partial charge in [-0.25, -0.2) is 4.79 Å². The van der Waals surface area contributed by atoms with Gasteiger partial charge in [0.05, 0.1) is 5.56 Å². The maximum absolute atomic E-state index is 12.0. The number of rotatable bonds is 6. The van der Waals surface area contributed by atoms with Crippen molar-refractivity contribution >= 4 is 0 Å². The molecule has 0 aliphatic heterocycles. The van der Waals surface area contributed by atoms with Crippen LogP contribution >= 0.6 is 0 Å². The molecule has 0 atom stereocenters. The van der Waals surface area contributed by atoms with Gasteiger partial charge < -0.3 is 9.47 Å². The molecule has 118 valence electrons. The van der Waals surface area contributed by atoms with Crippen LogP contribution in [-0.4, -0.2) is 35.0 Å². The first kappa shape index (κ1) is 16.1. The average Bonchev–Trinajstić information content (AvgIpc) is 2.51. The van der Waals surface area contributed by atoms with E-state index in [0.717, 1.165) is 5.56 Å². The Morgan fingerprint density at radius 3 is 2.64 bits per heavy atom. The van der Waals surface area contributed by atoms with Gasteiger partial charge in [0.1, 0.15) is 0 Å². The summed E-state index contributed by atoms with van der Waals surface area (Å²) >= 11 is 0. The Bertz CT molecular complexity index is 747. The van der Waals surface area contributed by atoms with E-state index in [9.17, 15) is 9.59 Å². The first-order valence-electron chi connectivity index (χ1n) is 6.87. The molecule has 0 aromatic carbocycles. The van der Waals surface area contributed by atoms with Crippen LogP contribution in [0.25, 0.3) is 11.1 Å². The van der Waals surface area contributed by atoms with Crippen molar-refractivity contribution < 1.29 is 9.47 Å². The fourth-order valence-electron chi connectivity index (χ4n) is 2.19. The number of pyridine rings is 1. The molecular weight excluding hydrogens is 286 g/mol. The van der Waals surface area contributed by atoms with Crippen molar-refractivity contribution in [1.29, 1.82) is 0 Å². The van der Waals surface area contributed by atoms with E-state index in [2.05, 4.69) is 9.97 Å². The summed E-state index contributed by atoms with van der Waals surface area (Å²) in [5.41, 5.74) is 1.15. The minimum absolute atomic E-state index is 0.369. The van der Waals surface area contributed by atoms with Crippen molar-refractivity contribution in [3.63, 3.8) is 0 Å². The Hall–Kier alpha value is -2.25. The second-order valence-electron chi connectivity index (χ2n) is 4.88. The van der Waals surface area contributed by atoms with Crippen molar-refractivity contribution in [2.45, 2.75) is 26.2 Å². The quantitative estimate of drug-likeness (QED) is 0.802. The summed E-state index contributed by atoms with van der Waals surface area (Å²) in [6.45, 7) is 2.26. The second kappa shape index (κ2) is 7.15. The van der Waals surface area contributed by atoms with Crippen molar-refractivity contribution in [3.8, 4) is 11.1 Å². The van der Waals surface area contributed by atoms with Crippen LogP contribution in [0.1, 0.15) is 12.0 Å². The fourth-order valence-corrected chi connectivity index (χ4v) is 2.19. The molecule has 0 fully saturated rings. The van der Waals surface area contributed by atoms with Gasteiger partial charge in [-0.2, -0.15) is 0 Å². The fraction of sp³-hybridized carbons (Fsp3) is 0.400. The van der Waals surface area contributed by atoms with Gasteiger partial charge in [-0.3, -0.25) is 19.3 Å². The average molecular weight is 305 g/mol. The lowest BCUT2D eigenvalue weighted by Gasteiger charge is -2.14. The topological polar surface area (TPSA) is 86.2 Å². The molecule has 7 heteroatoms. The molecule has 2 heterocycles. The maximum atomic E-state index is 12.0. The summed E-state index contributed by atoms with van der Waals surface area (Å²) in [6.07, 6.45) is 4.91. The van der Waals surface area contributed by atoms with Gasteiger partial charge in [0.25, 0.3) is 5.56 Å². The van der Waals surface area contributed by atoms with E-state index in [1.165, 1.54) is 18.8 Å². The summed E-state index contributed by atoms with van der Waals surface area (Å²) < 4.78 is 11.6.